The molecule has 12 rings (SSSR count). The first kappa shape index (κ1) is 36.6. The lowest BCUT2D eigenvalue weighted by Crippen LogP contribution is -2.24. The molecule has 0 saturated heterocycles. The van der Waals surface area contributed by atoms with E-state index < -0.39 is 5.41 Å². The van der Waals surface area contributed by atoms with E-state index in [4.69, 9.17) is 24.4 Å². The minimum absolute atomic E-state index is 0.438. The molecule has 0 saturated carbocycles. The summed E-state index contributed by atoms with van der Waals surface area (Å²) < 4.78 is 9.37. The standard InChI is InChI=1S/C57H39N5O/c1-57(32-14-5-15-33-57)56-60-54(38-20-8-3-9-21-38)59-55(61-56)47-35-41(40-23-16-22-39(34-40)37-18-6-2-7-19-37)36-58-51(47)46-28-17-27-45-50-49(63-53(45)46)31-30-44-43-26-12-13-29-48(43)62(52(44)50)42-24-10-4-11-25-42/h2-32,34-36H,33H2,1H3. The first-order chi connectivity index (χ1) is 31.1. The van der Waals surface area contributed by atoms with Gasteiger partial charge in [-0.05, 0) is 78.6 Å². The number of benzene rings is 7. The molecular weight excluding hydrogens is 771 g/mol. The van der Waals surface area contributed by atoms with Crippen LogP contribution in [0.15, 0.2) is 211 Å². The van der Waals surface area contributed by atoms with E-state index in [9.17, 15) is 0 Å². The molecule has 0 N–H and O–H groups in total. The summed E-state index contributed by atoms with van der Waals surface area (Å²) in [6.45, 7) is 2.19. The van der Waals surface area contributed by atoms with Crippen LogP contribution in [0.2, 0.25) is 0 Å². The molecule has 298 valence electrons. The number of pyridine rings is 1. The van der Waals surface area contributed by atoms with Crippen LogP contribution in [0.3, 0.4) is 0 Å². The van der Waals surface area contributed by atoms with Crippen LogP contribution in [-0.4, -0.2) is 24.5 Å². The highest BCUT2D eigenvalue weighted by molar-refractivity contribution is 6.25. The normalized spacial score (nSPS) is 14.9. The Labute approximate surface area is 364 Å². The van der Waals surface area contributed by atoms with Crippen LogP contribution in [0.1, 0.15) is 19.2 Å². The Morgan fingerprint density at radius 1 is 0.540 bits per heavy atom. The zero-order valence-corrected chi connectivity index (χ0v) is 34.5. The Morgan fingerprint density at radius 3 is 2.02 bits per heavy atom. The molecule has 11 aromatic rings. The molecule has 63 heavy (non-hydrogen) atoms. The smallest absolute Gasteiger partial charge is 0.165 e. The van der Waals surface area contributed by atoms with Crippen molar-refractivity contribution in [3.63, 3.8) is 0 Å². The van der Waals surface area contributed by atoms with Crippen molar-refractivity contribution >= 4 is 43.7 Å². The van der Waals surface area contributed by atoms with Gasteiger partial charge in [-0.15, -0.1) is 0 Å². The molecule has 1 aliphatic rings. The van der Waals surface area contributed by atoms with Crippen molar-refractivity contribution in [3.05, 3.63) is 212 Å². The Kier molecular flexibility index (Phi) is 8.57. The van der Waals surface area contributed by atoms with Crippen LogP contribution in [0.4, 0.5) is 0 Å². The van der Waals surface area contributed by atoms with Gasteiger partial charge in [0.25, 0.3) is 0 Å². The fraction of sp³-hybridized carbons (Fsp3) is 0.0526. The van der Waals surface area contributed by atoms with Gasteiger partial charge in [-0.25, -0.2) is 15.0 Å². The van der Waals surface area contributed by atoms with Crippen LogP contribution in [0.5, 0.6) is 0 Å². The minimum atomic E-state index is -0.438. The van der Waals surface area contributed by atoms with Crippen molar-refractivity contribution in [3.8, 4) is 62.0 Å². The van der Waals surface area contributed by atoms with Crippen LogP contribution in [0.25, 0.3) is 106 Å². The lowest BCUT2D eigenvalue weighted by molar-refractivity contribution is 0.554. The fourth-order valence-electron chi connectivity index (χ4n) is 9.25. The zero-order valence-electron chi connectivity index (χ0n) is 34.5. The topological polar surface area (TPSA) is 69.6 Å². The van der Waals surface area contributed by atoms with E-state index in [0.29, 0.717) is 17.5 Å². The molecule has 0 fully saturated rings. The highest BCUT2D eigenvalue weighted by Gasteiger charge is 2.30. The van der Waals surface area contributed by atoms with Crippen molar-refractivity contribution in [1.29, 1.82) is 0 Å². The molecule has 1 aliphatic carbocycles. The van der Waals surface area contributed by atoms with Gasteiger partial charge in [0.2, 0.25) is 0 Å². The molecule has 0 spiro atoms. The Hall–Kier alpha value is -8.22. The van der Waals surface area contributed by atoms with Crippen LogP contribution < -0.4 is 0 Å². The molecule has 0 radical (unpaired) electrons. The third-order valence-corrected chi connectivity index (χ3v) is 12.4. The van der Waals surface area contributed by atoms with E-state index in [0.717, 1.165) is 89.7 Å². The van der Waals surface area contributed by atoms with Gasteiger partial charge in [-0.3, -0.25) is 4.98 Å². The third-order valence-electron chi connectivity index (χ3n) is 12.4. The quantitative estimate of drug-likeness (QED) is 0.160. The molecule has 1 atom stereocenters. The number of allylic oxidation sites excluding steroid dienone is 4. The number of aromatic nitrogens is 5. The first-order valence-corrected chi connectivity index (χ1v) is 21.4. The molecule has 7 aromatic carbocycles. The molecule has 4 aromatic heterocycles. The van der Waals surface area contributed by atoms with Gasteiger partial charge in [-0.1, -0.05) is 152 Å². The lowest BCUT2D eigenvalue weighted by Gasteiger charge is -2.25. The van der Waals surface area contributed by atoms with Gasteiger partial charge in [0, 0.05) is 55.7 Å². The van der Waals surface area contributed by atoms with Gasteiger partial charge in [0.05, 0.1) is 22.1 Å². The van der Waals surface area contributed by atoms with E-state index in [1.165, 1.54) is 10.8 Å². The second-order valence-corrected chi connectivity index (χ2v) is 16.5. The summed E-state index contributed by atoms with van der Waals surface area (Å²) >= 11 is 0. The fourth-order valence-corrected chi connectivity index (χ4v) is 9.25. The predicted octanol–water partition coefficient (Wildman–Crippen LogP) is 14.4. The molecule has 4 heterocycles. The number of rotatable bonds is 7. The summed E-state index contributed by atoms with van der Waals surface area (Å²) in [6, 6.07) is 61.3. The van der Waals surface area contributed by atoms with E-state index >= 15 is 0 Å². The number of furan rings is 1. The number of nitrogens with zero attached hydrogens (tertiary/aromatic N) is 5. The van der Waals surface area contributed by atoms with Crippen molar-refractivity contribution in [2.24, 2.45) is 0 Å². The third kappa shape index (κ3) is 6.18. The maximum absolute atomic E-state index is 7.01. The molecule has 0 bridgehead atoms. The lowest BCUT2D eigenvalue weighted by atomic mass is 9.83. The number of para-hydroxylation sites is 3. The van der Waals surface area contributed by atoms with Gasteiger partial charge in [0.1, 0.15) is 17.0 Å². The highest BCUT2D eigenvalue weighted by atomic mass is 16.3. The number of hydrogen-bond donors (Lipinski definition) is 0. The SMILES string of the molecule is CC1(c2nc(-c3ccccc3)nc(-c3cc(-c4cccc(-c5ccccc5)c4)cnc3-c3cccc4c3oc3ccc5c6ccccc6n(-c6ccccc6)c5c34)n2)C=CC=CC1. The van der Waals surface area contributed by atoms with Crippen molar-refractivity contribution < 1.29 is 4.42 Å². The van der Waals surface area contributed by atoms with Gasteiger partial charge < -0.3 is 8.98 Å². The van der Waals surface area contributed by atoms with Gasteiger partial charge >= 0.3 is 0 Å². The van der Waals surface area contributed by atoms with Crippen molar-refractivity contribution in [2.75, 3.05) is 0 Å². The van der Waals surface area contributed by atoms with E-state index in [2.05, 4.69) is 187 Å². The van der Waals surface area contributed by atoms with Crippen LogP contribution in [0, 0.1) is 0 Å². The summed E-state index contributed by atoms with van der Waals surface area (Å²) in [7, 11) is 0. The number of hydrogen-bond acceptors (Lipinski definition) is 5. The Balaban J connectivity index is 1.13. The molecule has 6 nitrogen and oxygen atoms in total. The molecule has 1 unspecified atom stereocenters. The summed E-state index contributed by atoms with van der Waals surface area (Å²) in [5, 5.41) is 4.42. The van der Waals surface area contributed by atoms with E-state index in [1.807, 2.05) is 30.5 Å². The minimum Gasteiger partial charge on any atom is -0.455 e. The average Bonchev–Trinajstić information content (AvgIpc) is 3.91. The zero-order chi connectivity index (χ0) is 41.9. The summed E-state index contributed by atoms with van der Waals surface area (Å²) in [5.41, 5.74) is 12.0. The first-order valence-electron chi connectivity index (χ1n) is 21.4. The van der Waals surface area contributed by atoms with Gasteiger partial charge in [-0.2, -0.15) is 0 Å². The Bertz CT molecular complexity index is 3610. The predicted molar refractivity (Wildman–Crippen MR) is 257 cm³/mol. The second kappa shape index (κ2) is 14.8. The van der Waals surface area contributed by atoms with E-state index in [-0.39, 0.29) is 0 Å². The summed E-state index contributed by atoms with van der Waals surface area (Å²) in [4.78, 5) is 21.2. The van der Waals surface area contributed by atoms with Crippen LogP contribution in [-0.2, 0) is 5.41 Å². The van der Waals surface area contributed by atoms with Crippen molar-refractivity contribution in [2.45, 2.75) is 18.8 Å². The maximum Gasteiger partial charge on any atom is 0.165 e. The second-order valence-electron chi connectivity index (χ2n) is 16.5. The molecule has 6 heteroatoms. The number of fused-ring (bicyclic) bond motifs is 7. The maximum atomic E-state index is 7.01. The van der Waals surface area contributed by atoms with Gasteiger partial charge in [0.15, 0.2) is 11.6 Å². The highest BCUT2D eigenvalue weighted by Crippen LogP contribution is 2.45. The van der Waals surface area contributed by atoms with Crippen LogP contribution >= 0.6 is 0 Å². The van der Waals surface area contributed by atoms with E-state index in [1.54, 1.807) is 0 Å². The summed E-state index contributed by atoms with van der Waals surface area (Å²) in [6.07, 6.45) is 11.3. The summed E-state index contributed by atoms with van der Waals surface area (Å²) in [5.74, 6) is 1.86. The average molecular weight is 810 g/mol. The molecular formula is C57H39N5O. The molecule has 0 aliphatic heterocycles. The largest absolute Gasteiger partial charge is 0.455 e. The Morgan fingerprint density at radius 2 is 1.22 bits per heavy atom. The van der Waals surface area contributed by atoms with Crippen molar-refractivity contribution in [1.82, 2.24) is 24.5 Å². The monoisotopic (exact) mass is 809 g/mol. The molecule has 0 amide bonds.